The minimum Gasteiger partial charge on any atom is -0.466 e. The number of esters is 1. The fourth-order valence-corrected chi connectivity index (χ4v) is 5.41. The number of ether oxygens (including phenoxy) is 1. The molecule has 2 aliphatic heterocycles. The fraction of sp³-hybridized carbons (Fsp3) is 0.296. The summed E-state index contributed by atoms with van der Waals surface area (Å²) in [6, 6.07) is 15.5. The highest BCUT2D eigenvalue weighted by Gasteiger charge is 2.41. The quantitative estimate of drug-likeness (QED) is 0.573. The van der Waals surface area contributed by atoms with Crippen LogP contribution in [0.25, 0.3) is 0 Å². The summed E-state index contributed by atoms with van der Waals surface area (Å²) in [4.78, 5) is 32.6. The first-order chi connectivity index (χ1) is 16.3. The average Bonchev–Trinajstić information content (AvgIpc) is 3.20. The number of aryl methyl sites for hydroxylation is 2. The van der Waals surface area contributed by atoms with Gasteiger partial charge in [0.2, 0.25) is 5.91 Å². The summed E-state index contributed by atoms with van der Waals surface area (Å²) >= 11 is 1.47. The van der Waals surface area contributed by atoms with Gasteiger partial charge in [0.05, 0.1) is 36.9 Å². The second-order valence-corrected chi connectivity index (χ2v) is 9.46. The number of methoxy groups -OCH3 is 1. The van der Waals surface area contributed by atoms with Crippen molar-refractivity contribution in [2.45, 2.75) is 46.2 Å². The second kappa shape index (κ2) is 9.89. The molecule has 2 aliphatic rings. The van der Waals surface area contributed by atoms with Crippen LogP contribution < -0.4 is 5.32 Å². The maximum atomic E-state index is 13.0. The molecule has 2 heterocycles. The van der Waals surface area contributed by atoms with Gasteiger partial charge in [-0.15, -0.1) is 0 Å². The number of allylic oxidation sites excluding steroid dienone is 1. The fourth-order valence-electron chi connectivity index (χ4n) is 4.45. The lowest BCUT2D eigenvalue weighted by atomic mass is 9.90. The molecule has 0 radical (unpaired) electrons. The van der Waals surface area contributed by atoms with Gasteiger partial charge < -0.3 is 15.0 Å². The first-order valence-corrected chi connectivity index (χ1v) is 12.1. The second-order valence-electron chi connectivity index (χ2n) is 8.62. The van der Waals surface area contributed by atoms with Crippen molar-refractivity contribution in [3.05, 3.63) is 93.2 Å². The molecule has 0 bridgehead atoms. The number of benzene rings is 2. The van der Waals surface area contributed by atoms with Crippen molar-refractivity contribution in [2.24, 2.45) is 4.99 Å². The summed E-state index contributed by atoms with van der Waals surface area (Å²) in [5.41, 5.74) is 6.18. The van der Waals surface area contributed by atoms with E-state index >= 15 is 0 Å². The number of hydrogen-bond donors (Lipinski definition) is 1. The maximum absolute atomic E-state index is 13.0. The number of nitrogens with zero attached hydrogens (tertiary/aromatic N) is 2. The molecule has 0 saturated carbocycles. The zero-order valence-electron chi connectivity index (χ0n) is 20.1. The third-order valence-corrected chi connectivity index (χ3v) is 7.03. The number of amides is 1. The molecule has 1 N–H and O–H groups in total. The lowest BCUT2D eigenvalue weighted by molar-refractivity contribution is -0.136. The van der Waals surface area contributed by atoms with Gasteiger partial charge >= 0.3 is 5.97 Å². The Hall–Kier alpha value is -3.32. The van der Waals surface area contributed by atoms with Crippen LogP contribution in [0.5, 0.6) is 0 Å². The Morgan fingerprint density at radius 2 is 1.88 bits per heavy atom. The van der Waals surface area contributed by atoms with Crippen LogP contribution in [0.1, 0.15) is 54.6 Å². The van der Waals surface area contributed by atoms with Crippen molar-refractivity contribution in [1.82, 2.24) is 10.2 Å². The molecular weight excluding hydrogens is 446 g/mol. The number of rotatable bonds is 6. The Labute approximate surface area is 204 Å². The predicted octanol–water partition coefficient (Wildman–Crippen LogP) is 5.32. The lowest BCUT2D eigenvalue weighted by Crippen LogP contribution is -2.38. The van der Waals surface area contributed by atoms with E-state index in [0.29, 0.717) is 11.3 Å². The van der Waals surface area contributed by atoms with E-state index in [-0.39, 0.29) is 18.4 Å². The molecule has 176 valence electrons. The predicted molar refractivity (Wildman–Crippen MR) is 136 cm³/mol. The third-order valence-electron chi connectivity index (χ3n) is 6.14. The molecule has 2 atom stereocenters. The van der Waals surface area contributed by atoms with E-state index in [4.69, 9.17) is 4.74 Å². The Kier molecular flexibility index (Phi) is 6.93. The minimum absolute atomic E-state index is 0.0882. The summed E-state index contributed by atoms with van der Waals surface area (Å²) < 4.78 is 5.14. The van der Waals surface area contributed by atoms with Crippen LogP contribution >= 0.6 is 11.8 Å². The number of carbonyl (C=O) groups excluding carboxylic acids is 2. The van der Waals surface area contributed by atoms with Crippen LogP contribution in [0.3, 0.4) is 0 Å². The lowest BCUT2D eigenvalue weighted by Gasteiger charge is -2.37. The molecule has 0 spiro atoms. The van der Waals surface area contributed by atoms with E-state index < -0.39 is 12.0 Å². The van der Waals surface area contributed by atoms with Crippen molar-refractivity contribution in [3.8, 4) is 0 Å². The molecule has 0 aliphatic carbocycles. The van der Waals surface area contributed by atoms with Crippen molar-refractivity contribution in [3.63, 3.8) is 0 Å². The Bertz CT molecular complexity index is 1220. The van der Waals surface area contributed by atoms with Gasteiger partial charge in [0.25, 0.3) is 0 Å². The Morgan fingerprint density at radius 3 is 2.56 bits per heavy atom. The normalized spacial score (nSPS) is 18.1. The van der Waals surface area contributed by atoms with Crippen molar-refractivity contribution < 1.29 is 14.3 Å². The van der Waals surface area contributed by atoms with Gasteiger partial charge in [-0.3, -0.25) is 4.79 Å². The monoisotopic (exact) mass is 475 g/mol. The van der Waals surface area contributed by atoms with Crippen molar-refractivity contribution in [1.29, 1.82) is 0 Å². The molecule has 4 rings (SSSR count). The van der Waals surface area contributed by atoms with Gasteiger partial charge in [-0.2, -0.15) is 0 Å². The Balaban J connectivity index is 1.65. The SMILES string of the molecule is COC(=O)C1=C(C)N=C2SC=C(CC(=O)N[C@@H](C)c3ccccc3)N2[C@@H]1c1ccc(C)cc1C. The molecule has 0 fully saturated rings. The van der Waals surface area contributed by atoms with Gasteiger partial charge in [0.1, 0.15) is 0 Å². The molecule has 0 unspecified atom stereocenters. The van der Waals surface area contributed by atoms with Crippen LogP contribution in [0, 0.1) is 13.8 Å². The highest BCUT2D eigenvalue weighted by atomic mass is 32.2. The minimum atomic E-state index is -0.416. The first-order valence-electron chi connectivity index (χ1n) is 11.2. The smallest absolute Gasteiger partial charge is 0.338 e. The van der Waals surface area contributed by atoms with Crippen molar-refractivity contribution >= 4 is 28.8 Å². The summed E-state index contributed by atoms with van der Waals surface area (Å²) in [7, 11) is 1.38. The van der Waals surface area contributed by atoms with Crippen molar-refractivity contribution in [2.75, 3.05) is 7.11 Å². The number of thioether (sulfide) groups is 1. The van der Waals surface area contributed by atoms with Crippen LogP contribution in [0.15, 0.2) is 75.9 Å². The van der Waals surface area contributed by atoms with E-state index in [1.807, 2.05) is 80.5 Å². The molecule has 34 heavy (non-hydrogen) atoms. The number of aliphatic imine (C=N–C) groups is 1. The molecular formula is C27H29N3O3S. The zero-order valence-corrected chi connectivity index (χ0v) is 20.9. The van der Waals surface area contributed by atoms with Gasteiger partial charge in [-0.25, -0.2) is 9.79 Å². The van der Waals surface area contributed by atoms with E-state index in [2.05, 4.69) is 16.4 Å². The average molecular weight is 476 g/mol. The third kappa shape index (κ3) is 4.66. The molecule has 2 aromatic rings. The number of hydrogen-bond acceptors (Lipinski definition) is 6. The Morgan fingerprint density at radius 1 is 1.15 bits per heavy atom. The molecule has 0 aromatic heterocycles. The highest BCUT2D eigenvalue weighted by molar-refractivity contribution is 8.16. The molecule has 1 amide bonds. The molecule has 7 heteroatoms. The molecule has 2 aromatic carbocycles. The number of nitrogens with one attached hydrogen (secondary N) is 1. The zero-order chi connectivity index (χ0) is 24.4. The van der Waals surface area contributed by atoms with E-state index in [9.17, 15) is 9.59 Å². The summed E-state index contributed by atoms with van der Waals surface area (Å²) in [5, 5.41) is 5.80. The number of carbonyl (C=O) groups is 2. The highest BCUT2D eigenvalue weighted by Crippen LogP contribution is 2.45. The van der Waals surface area contributed by atoms with Gasteiger partial charge in [-0.1, -0.05) is 65.9 Å². The standard InChI is InChI=1S/C27H29N3O3S/c1-16-11-12-22(17(2)13-16)25-24(26(32)33-5)19(4)29-27-30(25)21(15-34-27)14-23(31)28-18(3)20-9-7-6-8-10-20/h6-13,15,18,25H,14H2,1-5H3,(H,28,31)/t18-,25+/m0/s1. The first kappa shape index (κ1) is 23.8. The summed E-state index contributed by atoms with van der Waals surface area (Å²) in [6.07, 6.45) is 0.179. The number of fused-ring (bicyclic) bond motifs is 1. The van der Waals surface area contributed by atoms with Gasteiger partial charge in [0.15, 0.2) is 5.17 Å². The molecule has 6 nitrogen and oxygen atoms in total. The van der Waals surface area contributed by atoms with Gasteiger partial charge in [-0.05, 0) is 49.8 Å². The summed E-state index contributed by atoms with van der Waals surface area (Å²) in [6.45, 7) is 7.89. The summed E-state index contributed by atoms with van der Waals surface area (Å²) in [5.74, 6) is -0.501. The topological polar surface area (TPSA) is 71.0 Å². The molecule has 0 saturated heterocycles. The van der Waals surface area contributed by atoms with E-state index in [1.54, 1.807) is 0 Å². The van der Waals surface area contributed by atoms with Crippen LogP contribution in [0.2, 0.25) is 0 Å². The van der Waals surface area contributed by atoms with E-state index in [1.165, 1.54) is 18.9 Å². The van der Waals surface area contributed by atoms with E-state index in [0.717, 1.165) is 33.1 Å². The maximum Gasteiger partial charge on any atom is 0.338 e. The van der Waals surface area contributed by atoms with Crippen LogP contribution in [-0.2, 0) is 14.3 Å². The van der Waals surface area contributed by atoms with Gasteiger partial charge in [0, 0.05) is 5.70 Å². The number of amidine groups is 1. The van der Waals surface area contributed by atoms with Crippen LogP contribution in [0.4, 0.5) is 0 Å². The van der Waals surface area contributed by atoms with Crippen LogP contribution in [-0.4, -0.2) is 29.1 Å². The largest absolute Gasteiger partial charge is 0.466 e.